The topological polar surface area (TPSA) is 33.4 Å². The van der Waals surface area contributed by atoms with E-state index in [0.717, 1.165) is 17.4 Å². The lowest BCUT2D eigenvalue weighted by Gasteiger charge is -2.23. The van der Waals surface area contributed by atoms with Crippen molar-refractivity contribution >= 4 is 11.0 Å². The van der Waals surface area contributed by atoms with Crippen molar-refractivity contribution in [2.45, 2.75) is 39.2 Å². The minimum atomic E-state index is -0.0410. The van der Waals surface area contributed by atoms with Crippen LogP contribution < -0.4 is 0 Å². The summed E-state index contributed by atoms with van der Waals surface area (Å²) >= 11 is 0. The summed E-state index contributed by atoms with van der Waals surface area (Å²) in [4.78, 5) is 0. The third kappa shape index (κ3) is 1.74. The van der Waals surface area contributed by atoms with Crippen molar-refractivity contribution in [3.63, 3.8) is 0 Å². The summed E-state index contributed by atoms with van der Waals surface area (Å²) in [5, 5.41) is 10.2. The van der Waals surface area contributed by atoms with E-state index in [1.165, 1.54) is 5.56 Å². The first-order chi connectivity index (χ1) is 7.58. The standard InChI is InChI=1S/C14H18O2/c1-4-14(2,3)12-7-5-6-10-8-11(9-15)16-13(10)12/h5-8,15H,4,9H2,1-3H3. The fraction of sp³-hybridized carbons (Fsp3) is 0.429. The molecular weight excluding hydrogens is 200 g/mol. The molecule has 0 fully saturated rings. The fourth-order valence-corrected chi connectivity index (χ4v) is 1.92. The third-order valence-corrected chi connectivity index (χ3v) is 3.36. The predicted molar refractivity (Wildman–Crippen MR) is 65.5 cm³/mol. The minimum absolute atomic E-state index is 0.0410. The highest BCUT2D eigenvalue weighted by atomic mass is 16.4. The molecule has 0 unspecified atom stereocenters. The van der Waals surface area contributed by atoms with Crippen molar-refractivity contribution in [3.05, 3.63) is 35.6 Å². The maximum atomic E-state index is 9.10. The van der Waals surface area contributed by atoms with E-state index in [2.05, 4.69) is 26.8 Å². The molecule has 2 heteroatoms. The van der Waals surface area contributed by atoms with Crippen LogP contribution in [-0.4, -0.2) is 5.11 Å². The highest BCUT2D eigenvalue weighted by Crippen LogP contribution is 2.34. The lowest BCUT2D eigenvalue weighted by Crippen LogP contribution is -2.15. The summed E-state index contributed by atoms with van der Waals surface area (Å²) < 4.78 is 5.69. The first-order valence-corrected chi connectivity index (χ1v) is 5.71. The van der Waals surface area contributed by atoms with Gasteiger partial charge in [0, 0.05) is 10.9 Å². The van der Waals surface area contributed by atoms with Crippen LogP contribution in [-0.2, 0) is 12.0 Å². The van der Waals surface area contributed by atoms with Crippen molar-refractivity contribution in [2.24, 2.45) is 0 Å². The van der Waals surface area contributed by atoms with E-state index in [0.29, 0.717) is 5.76 Å². The first kappa shape index (κ1) is 11.2. The van der Waals surface area contributed by atoms with Crippen molar-refractivity contribution in [3.8, 4) is 0 Å². The number of fused-ring (bicyclic) bond motifs is 1. The van der Waals surface area contributed by atoms with E-state index in [9.17, 15) is 0 Å². The van der Waals surface area contributed by atoms with Gasteiger partial charge in [-0.05, 0) is 17.9 Å². The van der Waals surface area contributed by atoms with Gasteiger partial charge in [-0.3, -0.25) is 0 Å². The number of aliphatic hydroxyl groups excluding tert-OH is 1. The number of benzene rings is 1. The van der Waals surface area contributed by atoms with E-state index in [4.69, 9.17) is 9.52 Å². The van der Waals surface area contributed by atoms with Gasteiger partial charge in [0.2, 0.25) is 0 Å². The zero-order valence-corrected chi connectivity index (χ0v) is 10.1. The van der Waals surface area contributed by atoms with Crippen LogP contribution in [0.2, 0.25) is 0 Å². The van der Waals surface area contributed by atoms with Crippen LogP contribution in [0.4, 0.5) is 0 Å². The Hall–Kier alpha value is -1.28. The van der Waals surface area contributed by atoms with Crippen molar-refractivity contribution in [1.29, 1.82) is 0 Å². The van der Waals surface area contributed by atoms with Crippen LogP contribution in [0.5, 0.6) is 0 Å². The molecule has 0 aliphatic rings. The third-order valence-electron chi connectivity index (χ3n) is 3.36. The van der Waals surface area contributed by atoms with E-state index in [-0.39, 0.29) is 12.0 Å². The summed E-state index contributed by atoms with van der Waals surface area (Å²) in [6.07, 6.45) is 1.06. The van der Waals surface area contributed by atoms with Gasteiger partial charge in [0.25, 0.3) is 0 Å². The lowest BCUT2D eigenvalue weighted by atomic mass is 9.81. The maximum Gasteiger partial charge on any atom is 0.138 e. The van der Waals surface area contributed by atoms with Crippen LogP contribution >= 0.6 is 0 Å². The van der Waals surface area contributed by atoms with Crippen LogP contribution in [0.1, 0.15) is 38.5 Å². The minimum Gasteiger partial charge on any atom is -0.458 e. The number of aliphatic hydroxyl groups is 1. The second-order valence-electron chi connectivity index (χ2n) is 4.83. The van der Waals surface area contributed by atoms with Gasteiger partial charge >= 0.3 is 0 Å². The van der Waals surface area contributed by atoms with Gasteiger partial charge in [-0.25, -0.2) is 0 Å². The van der Waals surface area contributed by atoms with Gasteiger partial charge in [0.05, 0.1) is 0 Å². The van der Waals surface area contributed by atoms with Crippen LogP contribution in [0.3, 0.4) is 0 Å². The molecule has 0 bridgehead atoms. The molecule has 1 heterocycles. The Morgan fingerprint density at radius 3 is 2.69 bits per heavy atom. The van der Waals surface area contributed by atoms with Gasteiger partial charge in [0.15, 0.2) is 0 Å². The summed E-state index contributed by atoms with van der Waals surface area (Å²) in [5.74, 6) is 0.634. The predicted octanol–water partition coefficient (Wildman–Crippen LogP) is 3.61. The Labute approximate surface area is 95.9 Å². The normalized spacial score (nSPS) is 12.2. The Bertz CT molecular complexity index is 494. The van der Waals surface area contributed by atoms with Crippen molar-refractivity contribution < 1.29 is 9.52 Å². The maximum absolute atomic E-state index is 9.10. The number of hydrogen-bond donors (Lipinski definition) is 1. The molecule has 1 aromatic carbocycles. The summed E-state index contributed by atoms with van der Waals surface area (Å²) in [7, 11) is 0. The molecule has 0 amide bonds. The average Bonchev–Trinajstić information content (AvgIpc) is 2.71. The van der Waals surface area contributed by atoms with E-state index in [1.54, 1.807) is 0 Å². The van der Waals surface area contributed by atoms with E-state index >= 15 is 0 Å². The SMILES string of the molecule is CCC(C)(C)c1cccc2cc(CO)oc12. The largest absolute Gasteiger partial charge is 0.458 e. The van der Waals surface area contributed by atoms with Gasteiger partial charge < -0.3 is 9.52 Å². The molecule has 86 valence electrons. The fourth-order valence-electron chi connectivity index (χ4n) is 1.92. The monoisotopic (exact) mass is 218 g/mol. The first-order valence-electron chi connectivity index (χ1n) is 5.71. The molecule has 2 rings (SSSR count). The van der Waals surface area contributed by atoms with Crippen LogP contribution in [0.15, 0.2) is 28.7 Å². The van der Waals surface area contributed by atoms with E-state index in [1.807, 2.05) is 18.2 Å². The molecule has 0 aliphatic heterocycles. The number of para-hydroxylation sites is 1. The zero-order chi connectivity index (χ0) is 11.8. The smallest absolute Gasteiger partial charge is 0.138 e. The highest BCUT2D eigenvalue weighted by Gasteiger charge is 2.22. The van der Waals surface area contributed by atoms with E-state index < -0.39 is 0 Å². The average molecular weight is 218 g/mol. The van der Waals surface area contributed by atoms with Crippen LogP contribution in [0, 0.1) is 0 Å². The molecule has 2 aromatic rings. The molecule has 1 aromatic heterocycles. The highest BCUT2D eigenvalue weighted by molar-refractivity contribution is 5.82. The Morgan fingerprint density at radius 2 is 2.06 bits per heavy atom. The molecule has 0 spiro atoms. The molecule has 0 saturated heterocycles. The number of hydrogen-bond acceptors (Lipinski definition) is 2. The van der Waals surface area contributed by atoms with Crippen molar-refractivity contribution in [1.82, 2.24) is 0 Å². The molecule has 1 N–H and O–H groups in total. The van der Waals surface area contributed by atoms with Gasteiger partial charge in [-0.1, -0.05) is 39.0 Å². The van der Waals surface area contributed by atoms with Gasteiger partial charge in [0.1, 0.15) is 18.0 Å². The molecule has 0 radical (unpaired) electrons. The number of furan rings is 1. The molecule has 0 saturated carbocycles. The molecule has 0 aliphatic carbocycles. The summed E-state index contributed by atoms with van der Waals surface area (Å²) in [6, 6.07) is 8.08. The molecule has 0 atom stereocenters. The number of rotatable bonds is 3. The molecule has 2 nitrogen and oxygen atoms in total. The second kappa shape index (κ2) is 3.95. The quantitative estimate of drug-likeness (QED) is 0.853. The molecule has 16 heavy (non-hydrogen) atoms. The second-order valence-corrected chi connectivity index (χ2v) is 4.83. The Kier molecular flexibility index (Phi) is 2.76. The van der Waals surface area contributed by atoms with Gasteiger partial charge in [-0.15, -0.1) is 0 Å². The summed E-state index contributed by atoms with van der Waals surface area (Å²) in [6.45, 7) is 6.56. The zero-order valence-electron chi connectivity index (χ0n) is 10.1. The summed E-state index contributed by atoms with van der Waals surface area (Å²) in [5.41, 5.74) is 2.23. The Balaban J connectivity index is 2.65. The van der Waals surface area contributed by atoms with Gasteiger partial charge in [-0.2, -0.15) is 0 Å². The lowest BCUT2D eigenvalue weighted by molar-refractivity contribution is 0.250. The van der Waals surface area contributed by atoms with Crippen LogP contribution in [0.25, 0.3) is 11.0 Å². The van der Waals surface area contributed by atoms with Crippen molar-refractivity contribution in [2.75, 3.05) is 0 Å². The molecular formula is C14H18O2. The Morgan fingerprint density at radius 1 is 1.31 bits per heavy atom.